The summed E-state index contributed by atoms with van der Waals surface area (Å²) in [6, 6.07) is 7.60. The average Bonchev–Trinajstić information content (AvgIpc) is 2.19. The monoisotopic (exact) mass is 193 g/mol. The molecule has 2 nitrogen and oxygen atoms in total. The van der Waals surface area contributed by atoms with Crippen LogP contribution in [0, 0.1) is 11.9 Å². The molecule has 1 saturated heterocycles. The van der Waals surface area contributed by atoms with Gasteiger partial charge in [-0.25, -0.2) is 4.39 Å². The first kappa shape index (κ1) is 9.62. The van der Waals surface area contributed by atoms with Crippen molar-refractivity contribution < 1.29 is 4.39 Å². The van der Waals surface area contributed by atoms with Crippen molar-refractivity contribution in [2.45, 2.75) is 6.54 Å². The van der Waals surface area contributed by atoms with E-state index in [9.17, 15) is 4.39 Å². The van der Waals surface area contributed by atoms with E-state index >= 15 is 0 Å². The summed E-state index contributed by atoms with van der Waals surface area (Å²) in [6.45, 7) is 4.96. The molecule has 0 aromatic heterocycles. The first-order valence-corrected chi connectivity index (χ1v) is 4.93. The van der Waals surface area contributed by atoms with Crippen molar-refractivity contribution >= 4 is 0 Å². The topological polar surface area (TPSA) is 15.3 Å². The lowest BCUT2D eigenvalue weighted by atomic mass is 10.2. The molecule has 14 heavy (non-hydrogen) atoms. The maximum absolute atomic E-state index is 12.9. The van der Waals surface area contributed by atoms with Gasteiger partial charge in [-0.15, -0.1) is 0 Å². The molecule has 2 rings (SSSR count). The molecule has 1 N–H and O–H groups in total. The van der Waals surface area contributed by atoms with Crippen LogP contribution < -0.4 is 5.32 Å². The van der Waals surface area contributed by atoms with Gasteiger partial charge >= 0.3 is 0 Å². The Hall–Kier alpha value is -0.930. The molecule has 0 unspecified atom stereocenters. The number of hydrogen-bond donors (Lipinski definition) is 1. The van der Waals surface area contributed by atoms with Gasteiger partial charge in [0, 0.05) is 32.7 Å². The van der Waals surface area contributed by atoms with Gasteiger partial charge < -0.3 is 5.32 Å². The summed E-state index contributed by atoms with van der Waals surface area (Å²) in [5, 5.41) is 3.29. The molecule has 0 atom stereocenters. The Bertz CT molecular complexity index is 295. The second kappa shape index (κ2) is 4.53. The number of nitrogens with zero attached hydrogens (tertiary/aromatic N) is 1. The SMILES string of the molecule is Fc1c[c]cc(CN2CCNCC2)c1. The fourth-order valence-corrected chi connectivity index (χ4v) is 1.71. The van der Waals surface area contributed by atoms with Gasteiger partial charge in [0.15, 0.2) is 0 Å². The molecule has 1 fully saturated rings. The molecular formula is C11H14FN2. The Morgan fingerprint density at radius 3 is 2.86 bits per heavy atom. The minimum atomic E-state index is -0.197. The third-order valence-electron chi connectivity index (χ3n) is 2.43. The Kier molecular flexibility index (Phi) is 3.11. The summed E-state index contributed by atoms with van der Waals surface area (Å²) in [6.07, 6.45) is 0. The highest BCUT2D eigenvalue weighted by atomic mass is 19.1. The minimum Gasteiger partial charge on any atom is -0.314 e. The van der Waals surface area contributed by atoms with Crippen LogP contribution in [0.15, 0.2) is 18.2 Å². The molecule has 0 spiro atoms. The molecule has 75 valence electrons. The molecule has 1 aliphatic rings. The average molecular weight is 193 g/mol. The Morgan fingerprint density at radius 2 is 2.14 bits per heavy atom. The van der Waals surface area contributed by atoms with E-state index in [4.69, 9.17) is 0 Å². The number of piperazine rings is 1. The van der Waals surface area contributed by atoms with Crippen molar-refractivity contribution in [1.29, 1.82) is 0 Å². The Morgan fingerprint density at radius 1 is 1.36 bits per heavy atom. The minimum absolute atomic E-state index is 0.197. The van der Waals surface area contributed by atoms with Crippen molar-refractivity contribution in [3.8, 4) is 0 Å². The maximum atomic E-state index is 12.9. The van der Waals surface area contributed by atoms with Gasteiger partial charge in [0.1, 0.15) is 5.82 Å². The van der Waals surface area contributed by atoms with Crippen LogP contribution in [0.3, 0.4) is 0 Å². The quantitative estimate of drug-likeness (QED) is 0.754. The van der Waals surface area contributed by atoms with Crippen LogP contribution in [0.2, 0.25) is 0 Å². The normalized spacial score (nSPS) is 18.4. The van der Waals surface area contributed by atoms with Crippen molar-refractivity contribution in [1.82, 2.24) is 10.2 Å². The van der Waals surface area contributed by atoms with Crippen LogP contribution in [-0.4, -0.2) is 31.1 Å². The highest BCUT2D eigenvalue weighted by molar-refractivity contribution is 5.15. The Labute approximate surface area is 83.7 Å². The highest BCUT2D eigenvalue weighted by Crippen LogP contribution is 2.07. The van der Waals surface area contributed by atoms with Crippen LogP contribution >= 0.6 is 0 Å². The third-order valence-corrected chi connectivity index (χ3v) is 2.43. The second-order valence-electron chi connectivity index (χ2n) is 3.59. The van der Waals surface area contributed by atoms with E-state index < -0.39 is 0 Å². The fraction of sp³-hybridized carbons (Fsp3) is 0.455. The van der Waals surface area contributed by atoms with Crippen LogP contribution in [-0.2, 0) is 6.54 Å². The second-order valence-corrected chi connectivity index (χ2v) is 3.59. The summed E-state index contributed by atoms with van der Waals surface area (Å²) in [5.41, 5.74) is 1.01. The number of benzene rings is 1. The molecule has 1 heterocycles. The van der Waals surface area contributed by atoms with E-state index in [1.54, 1.807) is 6.07 Å². The number of halogens is 1. The molecule has 1 aromatic rings. The zero-order valence-electron chi connectivity index (χ0n) is 8.09. The van der Waals surface area contributed by atoms with E-state index in [2.05, 4.69) is 16.3 Å². The highest BCUT2D eigenvalue weighted by Gasteiger charge is 2.09. The number of rotatable bonds is 2. The van der Waals surface area contributed by atoms with Gasteiger partial charge in [0.2, 0.25) is 0 Å². The predicted molar refractivity (Wildman–Crippen MR) is 53.4 cm³/mol. The molecule has 1 radical (unpaired) electrons. The first-order valence-electron chi connectivity index (χ1n) is 4.93. The van der Waals surface area contributed by atoms with Crippen molar-refractivity contribution in [3.63, 3.8) is 0 Å². The third kappa shape index (κ3) is 2.53. The summed E-state index contributed by atoms with van der Waals surface area (Å²) in [5.74, 6) is -0.197. The van der Waals surface area contributed by atoms with Gasteiger partial charge in [0.05, 0.1) is 0 Å². The molecule has 0 bridgehead atoms. The van der Waals surface area contributed by atoms with Gasteiger partial charge in [-0.2, -0.15) is 0 Å². The zero-order chi connectivity index (χ0) is 9.80. The smallest absolute Gasteiger partial charge is 0.124 e. The lowest BCUT2D eigenvalue weighted by Gasteiger charge is -2.27. The molecule has 3 heteroatoms. The van der Waals surface area contributed by atoms with Crippen LogP contribution in [0.1, 0.15) is 5.56 Å². The number of hydrogen-bond acceptors (Lipinski definition) is 2. The fourth-order valence-electron chi connectivity index (χ4n) is 1.71. The maximum Gasteiger partial charge on any atom is 0.124 e. The zero-order valence-corrected chi connectivity index (χ0v) is 8.09. The van der Waals surface area contributed by atoms with Crippen LogP contribution in [0.25, 0.3) is 0 Å². The van der Waals surface area contributed by atoms with Gasteiger partial charge in [-0.3, -0.25) is 4.90 Å². The van der Waals surface area contributed by atoms with E-state index in [0.717, 1.165) is 38.3 Å². The summed E-state index contributed by atoms with van der Waals surface area (Å²) in [4.78, 5) is 2.32. The van der Waals surface area contributed by atoms with Crippen LogP contribution in [0.5, 0.6) is 0 Å². The molecule has 0 saturated carbocycles. The van der Waals surface area contributed by atoms with E-state index in [1.807, 2.05) is 6.07 Å². The van der Waals surface area contributed by atoms with E-state index in [0.29, 0.717) is 0 Å². The van der Waals surface area contributed by atoms with Crippen molar-refractivity contribution in [2.75, 3.05) is 26.2 Å². The molecule has 0 amide bonds. The van der Waals surface area contributed by atoms with Gasteiger partial charge in [0.25, 0.3) is 0 Å². The van der Waals surface area contributed by atoms with E-state index in [1.165, 1.54) is 6.07 Å². The standard InChI is InChI=1S/C11H14FN2/c12-11-3-1-2-10(8-11)9-14-6-4-13-5-7-14/h2-3,8,13H,4-7,9H2. The summed E-state index contributed by atoms with van der Waals surface area (Å²) >= 11 is 0. The van der Waals surface area contributed by atoms with Crippen LogP contribution in [0.4, 0.5) is 4.39 Å². The van der Waals surface area contributed by atoms with Crippen molar-refractivity contribution in [2.24, 2.45) is 0 Å². The number of nitrogens with one attached hydrogen (secondary N) is 1. The van der Waals surface area contributed by atoms with Crippen molar-refractivity contribution in [3.05, 3.63) is 35.6 Å². The summed E-state index contributed by atoms with van der Waals surface area (Å²) < 4.78 is 12.9. The van der Waals surface area contributed by atoms with E-state index in [-0.39, 0.29) is 5.82 Å². The largest absolute Gasteiger partial charge is 0.314 e. The molecular weight excluding hydrogens is 179 g/mol. The molecule has 1 aromatic carbocycles. The van der Waals surface area contributed by atoms with Gasteiger partial charge in [-0.1, -0.05) is 0 Å². The lowest BCUT2D eigenvalue weighted by Crippen LogP contribution is -2.42. The first-order chi connectivity index (χ1) is 6.84. The predicted octanol–water partition coefficient (Wildman–Crippen LogP) is 1.03. The molecule has 1 aliphatic heterocycles. The Balaban J connectivity index is 1.95. The lowest BCUT2D eigenvalue weighted by molar-refractivity contribution is 0.233. The molecule has 0 aliphatic carbocycles. The summed E-state index contributed by atoms with van der Waals surface area (Å²) in [7, 11) is 0. The van der Waals surface area contributed by atoms with Gasteiger partial charge in [-0.05, 0) is 29.8 Å².